The summed E-state index contributed by atoms with van der Waals surface area (Å²) in [6, 6.07) is 0. The van der Waals surface area contributed by atoms with Gasteiger partial charge in [-0.25, -0.2) is 0 Å². The number of nitrogens with one attached hydrogen (secondary N) is 1. The fraction of sp³-hybridized carbons (Fsp3) is 0.846. The molecule has 0 aliphatic heterocycles. The summed E-state index contributed by atoms with van der Waals surface area (Å²) in [5.74, 6) is 0.731. The Morgan fingerprint density at radius 2 is 2.06 bits per heavy atom. The van der Waals surface area contributed by atoms with Crippen LogP contribution in [0, 0.1) is 0 Å². The molecule has 1 N–H and O–H groups in total. The van der Waals surface area contributed by atoms with Crippen LogP contribution >= 0.6 is 11.3 Å². The van der Waals surface area contributed by atoms with Crippen LogP contribution in [0.5, 0.6) is 0 Å². The van der Waals surface area contributed by atoms with Crippen LogP contribution in [0.2, 0.25) is 0 Å². The van der Waals surface area contributed by atoms with Gasteiger partial charge < -0.3 is 5.32 Å². The maximum atomic E-state index is 4.31. The molecule has 1 aromatic heterocycles. The van der Waals surface area contributed by atoms with Gasteiger partial charge in [0.05, 0.1) is 0 Å². The third-order valence-electron chi connectivity index (χ3n) is 3.16. The molecule has 3 nitrogen and oxygen atoms in total. The molecule has 1 heterocycles. The lowest BCUT2D eigenvalue weighted by molar-refractivity contribution is 0.416. The Bertz CT molecular complexity index is 350. The van der Waals surface area contributed by atoms with Gasteiger partial charge in [-0.1, -0.05) is 6.42 Å². The van der Waals surface area contributed by atoms with Crippen LogP contribution in [-0.4, -0.2) is 22.3 Å². The predicted molar refractivity (Wildman–Crippen MR) is 72.6 cm³/mol. The lowest BCUT2D eigenvalue weighted by Gasteiger charge is -2.21. The second-order valence-corrected chi connectivity index (χ2v) is 7.04. The van der Waals surface area contributed by atoms with E-state index in [2.05, 4.69) is 36.3 Å². The van der Waals surface area contributed by atoms with E-state index in [0.717, 1.165) is 25.3 Å². The number of hydrogen-bond donors (Lipinski definition) is 1. The molecule has 17 heavy (non-hydrogen) atoms. The Morgan fingerprint density at radius 3 is 2.65 bits per heavy atom. The zero-order valence-electron chi connectivity index (χ0n) is 11.1. The van der Waals surface area contributed by atoms with Gasteiger partial charge in [-0.05, 0) is 46.6 Å². The summed E-state index contributed by atoms with van der Waals surface area (Å²) in [6.45, 7) is 7.66. The quantitative estimate of drug-likeness (QED) is 0.819. The molecule has 1 aliphatic carbocycles. The van der Waals surface area contributed by atoms with E-state index in [1.807, 2.05) is 11.3 Å². The maximum absolute atomic E-state index is 4.31. The number of rotatable bonds is 5. The van der Waals surface area contributed by atoms with Crippen LogP contribution in [0.3, 0.4) is 0 Å². The highest BCUT2D eigenvalue weighted by atomic mass is 32.1. The van der Waals surface area contributed by atoms with Crippen molar-refractivity contribution in [2.24, 2.45) is 0 Å². The van der Waals surface area contributed by atoms with Gasteiger partial charge in [-0.15, -0.1) is 21.5 Å². The van der Waals surface area contributed by atoms with Crippen LogP contribution in [-0.2, 0) is 6.42 Å². The minimum atomic E-state index is 0.220. The smallest absolute Gasteiger partial charge is 0.120 e. The zero-order chi connectivity index (χ0) is 12.3. The first-order valence-electron chi connectivity index (χ1n) is 6.62. The van der Waals surface area contributed by atoms with Gasteiger partial charge in [0.1, 0.15) is 10.0 Å². The standard InChI is InChI=1S/C13H23N3S/c1-13(2,3)14-9-5-8-11-15-16-12(17-11)10-6-4-7-10/h10,14H,4-9H2,1-3H3. The van der Waals surface area contributed by atoms with Gasteiger partial charge in [0.2, 0.25) is 0 Å². The van der Waals surface area contributed by atoms with Gasteiger partial charge in [0.25, 0.3) is 0 Å². The van der Waals surface area contributed by atoms with Crippen molar-refractivity contribution >= 4 is 11.3 Å². The van der Waals surface area contributed by atoms with E-state index in [4.69, 9.17) is 0 Å². The Balaban J connectivity index is 1.70. The Morgan fingerprint density at radius 1 is 1.29 bits per heavy atom. The summed E-state index contributed by atoms with van der Waals surface area (Å²) in [5.41, 5.74) is 0.220. The Hall–Kier alpha value is -0.480. The molecule has 0 spiro atoms. The topological polar surface area (TPSA) is 37.8 Å². The minimum Gasteiger partial charge on any atom is -0.312 e. The summed E-state index contributed by atoms with van der Waals surface area (Å²) in [7, 11) is 0. The van der Waals surface area contributed by atoms with Gasteiger partial charge in [0, 0.05) is 17.9 Å². The molecule has 1 aromatic rings. The average molecular weight is 253 g/mol. The summed E-state index contributed by atoms with van der Waals surface area (Å²) in [5, 5.41) is 14.6. The van der Waals surface area contributed by atoms with Crippen LogP contribution < -0.4 is 5.32 Å². The SMILES string of the molecule is CC(C)(C)NCCCc1nnc(C2CCC2)s1. The van der Waals surface area contributed by atoms with E-state index in [9.17, 15) is 0 Å². The van der Waals surface area contributed by atoms with Crippen LogP contribution in [0.25, 0.3) is 0 Å². The van der Waals surface area contributed by atoms with Crippen molar-refractivity contribution < 1.29 is 0 Å². The lowest BCUT2D eigenvalue weighted by Crippen LogP contribution is -2.36. The highest BCUT2D eigenvalue weighted by Gasteiger charge is 2.23. The number of nitrogens with zero attached hydrogens (tertiary/aromatic N) is 2. The number of aryl methyl sites for hydroxylation is 1. The van der Waals surface area contributed by atoms with Gasteiger partial charge in [-0.3, -0.25) is 0 Å². The Labute approximate surface area is 108 Å². The maximum Gasteiger partial charge on any atom is 0.120 e. The zero-order valence-corrected chi connectivity index (χ0v) is 11.9. The van der Waals surface area contributed by atoms with E-state index >= 15 is 0 Å². The summed E-state index contributed by atoms with van der Waals surface area (Å²) < 4.78 is 0. The molecule has 0 bridgehead atoms. The van der Waals surface area contributed by atoms with Crippen molar-refractivity contribution in [2.75, 3.05) is 6.54 Å². The van der Waals surface area contributed by atoms with Crippen molar-refractivity contribution in [3.63, 3.8) is 0 Å². The van der Waals surface area contributed by atoms with Crippen LogP contribution in [0.4, 0.5) is 0 Å². The van der Waals surface area contributed by atoms with E-state index in [0.29, 0.717) is 0 Å². The number of hydrogen-bond acceptors (Lipinski definition) is 4. The molecule has 1 saturated carbocycles. The third kappa shape index (κ3) is 4.03. The van der Waals surface area contributed by atoms with E-state index in [1.165, 1.54) is 29.3 Å². The first kappa shape index (κ1) is 13.0. The van der Waals surface area contributed by atoms with Gasteiger partial charge in [-0.2, -0.15) is 0 Å². The number of aromatic nitrogens is 2. The normalized spacial score (nSPS) is 17.1. The first-order chi connectivity index (χ1) is 8.04. The third-order valence-corrected chi connectivity index (χ3v) is 4.31. The monoisotopic (exact) mass is 253 g/mol. The van der Waals surface area contributed by atoms with E-state index in [-0.39, 0.29) is 5.54 Å². The second-order valence-electron chi connectivity index (χ2n) is 5.94. The highest BCUT2D eigenvalue weighted by Crippen LogP contribution is 2.37. The molecule has 0 saturated heterocycles. The summed E-state index contributed by atoms with van der Waals surface area (Å²) in [4.78, 5) is 0. The van der Waals surface area contributed by atoms with Crippen LogP contribution in [0.15, 0.2) is 0 Å². The van der Waals surface area contributed by atoms with Crippen LogP contribution in [0.1, 0.15) is 62.4 Å². The lowest BCUT2D eigenvalue weighted by atomic mass is 9.86. The first-order valence-corrected chi connectivity index (χ1v) is 7.43. The Kier molecular flexibility index (Phi) is 4.15. The largest absolute Gasteiger partial charge is 0.312 e. The molecule has 0 radical (unpaired) electrons. The van der Waals surface area contributed by atoms with E-state index < -0.39 is 0 Å². The average Bonchev–Trinajstić information content (AvgIpc) is 2.57. The minimum absolute atomic E-state index is 0.220. The van der Waals surface area contributed by atoms with Crippen molar-refractivity contribution in [2.45, 2.75) is 64.3 Å². The predicted octanol–water partition coefficient (Wildman–Crippen LogP) is 3.13. The molecule has 96 valence electrons. The van der Waals surface area contributed by atoms with Crippen molar-refractivity contribution in [3.8, 4) is 0 Å². The van der Waals surface area contributed by atoms with Crippen molar-refractivity contribution in [1.29, 1.82) is 0 Å². The molecule has 1 aliphatic rings. The molecule has 2 rings (SSSR count). The highest BCUT2D eigenvalue weighted by molar-refractivity contribution is 7.11. The molecule has 1 fully saturated rings. The second kappa shape index (κ2) is 5.44. The molecule has 0 aromatic carbocycles. The van der Waals surface area contributed by atoms with E-state index in [1.54, 1.807) is 0 Å². The summed E-state index contributed by atoms with van der Waals surface area (Å²) in [6.07, 6.45) is 6.22. The van der Waals surface area contributed by atoms with Gasteiger partial charge >= 0.3 is 0 Å². The van der Waals surface area contributed by atoms with Gasteiger partial charge in [0.15, 0.2) is 0 Å². The molecule has 0 atom stereocenters. The molecular formula is C13H23N3S. The fourth-order valence-electron chi connectivity index (χ4n) is 1.89. The van der Waals surface area contributed by atoms with Crippen molar-refractivity contribution in [1.82, 2.24) is 15.5 Å². The molecule has 4 heteroatoms. The van der Waals surface area contributed by atoms with Crippen molar-refractivity contribution in [3.05, 3.63) is 10.0 Å². The molecular weight excluding hydrogens is 230 g/mol. The molecule has 0 unspecified atom stereocenters. The summed E-state index contributed by atoms with van der Waals surface area (Å²) >= 11 is 1.82. The molecule has 0 amide bonds. The fourth-order valence-corrected chi connectivity index (χ4v) is 2.94.